The van der Waals surface area contributed by atoms with Gasteiger partial charge in [0.15, 0.2) is 0 Å². The summed E-state index contributed by atoms with van der Waals surface area (Å²) in [7, 11) is 0. The molecule has 0 radical (unpaired) electrons. The molecule has 0 fully saturated rings. The molecule has 0 atom stereocenters. The molecular formula is C15H12N6S. The van der Waals surface area contributed by atoms with Crippen molar-refractivity contribution in [3.63, 3.8) is 0 Å². The van der Waals surface area contributed by atoms with Crippen molar-refractivity contribution in [2.45, 2.75) is 6.92 Å². The molecule has 2 aromatic heterocycles. The van der Waals surface area contributed by atoms with Crippen LogP contribution in [0.25, 0.3) is 21.7 Å². The lowest BCUT2D eigenvalue weighted by Gasteiger charge is -2.07. The van der Waals surface area contributed by atoms with E-state index >= 15 is 0 Å². The summed E-state index contributed by atoms with van der Waals surface area (Å²) in [6, 6.07) is 11.7. The van der Waals surface area contributed by atoms with Crippen LogP contribution in [0.5, 0.6) is 0 Å². The van der Waals surface area contributed by atoms with Gasteiger partial charge in [0.25, 0.3) is 0 Å². The van der Waals surface area contributed by atoms with Gasteiger partial charge in [-0.25, -0.2) is 4.98 Å². The van der Waals surface area contributed by atoms with Gasteiger partial charge in [-0.3, -0.25) is 0 Å². The summed E-state index contributed by atoms with van der Waals surface area (Å²) in [4.78, 5) is 9.04. The zero-order valence-corrected chi connectivity index (χ0v) is 12.6. The first kappa shape index (κ1) is 14.0. The molecule has 0 saturated carbocycles. The molecule has 2 heterocycles. The van der Waals surface area contributed by atoms with Gasteiger partial charge in [-0.1, -0.05) is 24.3 Å². The van der Waals surface area contributed by atoms with Crippen molar-refractivity contribution < 1.29 is 0 Å². The summed E-state index contributed by atoms with van der Waals surface area (Å²) >= 11 is 1.45. The lowest BCUT2D eigenvalue weighted by Crippen LogP contribution is -2.04. The molecular weight excluding hydrogens is 296 g/mol. The Kier molecular flexibility index (Phi) is 3.45. The lowest BCUT2D eigenvalue weighted by atomic mass is 10.0. The fraction of sp³-hybridized carbons (Fsp3) is 0.0667. The van der Waals surface area contributed by atoms with E-state index in [1.165, 1.54) is 11.5 Å². The monoisotopic (exact) mass is 308 g/mol. The highest BCUT2D eigenvalue weighted by Gasteiger charge is 2.13. The second-order valence-corrected chi connectivity index (χ2v) is 5.52. The van der Waals surface area contributed by atoms with Gasteiger partial charge in [0.05, 0.1) is 16.3 Å². The largest absolute Gasteiger partial charge is 0.382 e. The van der Waals surface area contributed by atoms with Crippen LogP contribution < -0.4 is 11.5 Å². The average molecular weight is 308 g/mol. The molecule has 1 aromatic carbocycles. The molecule has 7 heteroatoms. The maximum absolute atomic E-state index is 9.23. The number of nitrogens with zero attached hydrogens (tertiary/aromatic N) is 4. The first-order valence-electron chi connectivity index (χ1n) is 6.45. The summed E-state index contributed by atoms with van der Waals surface area (Å²) < 4.78 is 4.27. The number of nitrogens with two attached hydrogens (primary N) is 2. The van der Waals surface area contributed by atoms with Crippen LogP contribution in [-0.2, 0) is 0 Å². The van der Waals surface area contributed by atoms with Crippen LogP contribution in [-0.4, -0.2) is 14.3 Å². The van der Waals surface area contributed by atoms with Crippen molar-refractivity contribution in [3.05, 3.63) is 41.6 Å². The molecule has 108 valence electrons. The van der Waals surface area contributed by atoms with Crippen LogP contribution in [0.15, 0.2) is 30.3 Å². The fourth-order valence-electron chi connectivity index (χ4n) is 2.11. The Balaban J connectivity index is 2.06. The minimum atomic E-state index is 0.0497. The number of benzene rings is 1. The third kappa shape index (κ3) is 2.47. The summed E-state index contributed by atoms with van der Waals surface area (Å²) in [6.07, 6.45) is 0. The molecule has 3 rings (SSSR count). The second kappa shape index (κ2) is 5.42. The number of hydrogen-bond donors (Lipinski definition) is 2. The van der Waals surface area contributed by atoms with E-state index in [1.807, 2.05) is 43.3 Å². The topological polar surface area (TPSA) is 114 Å². The Hall–Kier alpha value is -2.98. The molecule has 0 amide bonds. The third-order valence-corrected chi connectivity index (χ3v) is 4.07. The molecule has 4 N–H and O–H groups in total. The Labute approximate surface area is 131 Å². The number of nitriles is 1. The Bertz CT molecular complexity index is 876. The minimum Gasteiger partial charge on any atom is -0.382 e. The number of hydrogen-bond acceptors (Lipinski definition) is 7. The van der Waals surface area contributed by atoms with Crippen molar-refractivity contribution in [2.75, 3.05) is 11.5 Å². The van der Waals surface area contributed by atoms with Crippen molar-refractivity contribution in [2.24, 2.45) is 0 Å². The minimum absolute atomic E-state index is 0.0497. The zero-order valence-electron chi connectivity index (χ0n) is 11.7. The maximum Gasteiger partial charge on any atom is 0.222 e. The van der Waals surface area contributed by atoms with E-state index in [2.05, 4.69) is 14.3 Å². The molecule has 0 aliphatic heterocycles. The average Bonchev–Trinajstić information content (AvgIpc) is 2.93. The van der Waals surface area contributed by atoms with Crippen LogP contribution in [0.1, 0.15) is 11.3 Å². The highest BCUT2D eigenvalue weighted by molar-refractivity contribution is 7.09. The van der Waals surface area contributed by atoms with Crippen molar-refractivity contribution >= 4 is 23.3 Å². The van der Waals surface area contributed by atoms with Crippen LogP contribution in [0.4, 0.5) is 11.8 Å². The van der Waals surface area contributed by atoms with Gasteiger partial charge in [-0.05, 0) is 30.1 Å². The Morgan fingerprint density at radius 1 is 1.09 bits per heavy atom. The van der Waals surface area contributed by atoms with Gasteiger partial charge < -0.3 is 11.5 Å². The zero-order chi connectivity index (χ0) is 15.7. The van der Waals surface area contributed by atoms with E-state index in [0.717, 1.165) is 21.7 Å². The van der Waals surface area contributed by atoms with E-state index in [4.69, 9.17) is 11.5 Å². The smallest absolute Gasteiger partial charge is 0.222 e. The van der Waals surface area contributed by atoms with Crippen LogP contribution >= 0.6 is 11.5 Å². The fourth-order valence-corrected chi connectivity index (χ4v) is 2.87. The molecule has 0 aliphatic carbocycles. The number of aromatic nitrogens is 3. The van der Waals surface area contributed by atoms with Crippen molar-refractivity contribution in [3.8, 4) is 27.8 Å². The Morgan fingerprint density at radius 3 is 2.36 bits per heavy atom. The molecule has 6 nitrogen and oxygen atoms in total. The quantitative estimate of drug-likeness (QED) is 0.752. The standard InChI is InChI=1S/C15H12N6S/c1-8-6-12(22-21-8)9-2-4-10(5-3-9)13-11(7-16)14(17)20-15(18)19-13/h2-6H,1H3,(H4,17,18,19,20). The normalized spacial score (nSPS) is 10.4. The maximum atomic E-state index is 9.23. The van der Waals surface area contributed by atoms with Gasteiger partial charge in [-0.15, -0.1) is 0 Å². The predicted octanol–water partition coefficient (Wildman–Crippen LogP) is 2.61. The van der Waals surface area contributed by atoms with Gasteiger partial charge in [-0.2, -0.15) is 14.6 Å². The van der Waals surface area contributed by atoms with Gasteiger partial charge in [0.1, 0.15) is 17.5 Å². The SMILES string of the molecule is Cc1cc(-c2ccc(-c3nc(N)nc(N)c3C#N)cc2)sn1. The summed E-state index contributed by atoms with van der Waals surface area (Å²) in [6.45, 7) is 1.96. The van der Waals surface area contributed by atoms with E-state index in [-0.39, 0.29) is 17.3 Å². The summed E-state index contributed by atoms with van der Waals surface area (Å²) in [5.74, 6) is 0.140. The van der Waals surface area contributed by atoms with Crippen molar-refractivity contribution in [1.29, 1.82) is 5.26 Å². The number of aryl methyl sites for hydroxylation is 1. The number of anilines is 2. The number of rotatable bonds is 2. The van der Waals surface area contributed by atoms with E-state index in [1.54, 1.807) is 0 Å². The van der Waals surface area contributed by atoms with E-state index in [0.29, 0.717) is 5.69 Å². The van der Waals surface area contributed by atoms with Crippen LogP contribution in [0.3, 0.4) is 0 Å². The first-order chi connectivity index (χ1) is 10.6. The molecule has 0 aliphatic rings. The highest BCUT2D eigenvalue weighted by atomic mass is 32.1. The number of nitrogen functional groups attached to an aromatic ring is 2. The molecule has 3 aromatic rings. The van der Waals surface area contributed by atoms with E-state index < -0.39 is 0 Å². The molecule has 0 saturated heterocycles. The van der Waals surface area contributed by atoms with Gasteiger partial charge in [0, 0.05) is 5.56 Å². The summed E-state index contributed by atoms with van der Waals surface area (Å²) in [5.41, 5.74) is 14.9. The Morgan fingerprint density at radius 2 is 1.77 bits per heavy atom. The van der Waals surface area contributed by atoms with Gasteiger partial charge >= 0.3 is 0 Å². The lowest BCUT2D eigenvalue weighted by molar-refractivity contribution is 1.18. The van der Waals surface area contributed by atoms with Crippen LogP contribution in [0.2, 0.25) is 0 Å². The molecule has 22 heavy (non-hydrogen) atoms. The summed E-state index contributed by atoms with van der Waals surface area (Å²) in [5, 5.41) is 9.23. The van der Waals surface area contributed by atoms with Gasteiger partial charge in [0.2, 0.25) is 5.95 Å². The predicted molar refractivity (Wildman–Crippen MR) is 86.9 cm³/mol. The molecule has 0 unspecified atom stereocenters. The van der Waals surface area contributed by atoms with Crippen LogP contribution in [0, 0.1) is 18.3 Å². The molecule has 0 spiro atoms. The van der Waals surface area contributed by atoms with E-state index in [9.17, 15) is 5.26 Å². The first-order valence-corrected chi connectivity index (χ1v) is 7.23. The third-order valence-electron chi connectivity index (χ3n) is 3.14. The van der Waals surface area contributed by atoms with Crippen molar-refractivity contribution in [1.82, 2.24) is 14.3 Å². The highest BCUT2D eigenvalue weighted by Crippen LogP contribution is 2.29. The molecule has 0 bridgehead atoms. The second-order valence-electron chi connectivity index (χ2n) is 4.71.